The molecule has 0 atom stereocenters. The normalized spacial score (nSPS) is 10.3. The van der Waals surface area contributed by atoms with E-state index in [-0.39, 0.29) is 38.8 Å². The van der Waals surface area contributed by atoms with Crippen molar-refractivity contribution in [2.24, 2.45) is 0 Å². The molecule has 0 aliphatic rings. The van der Waals surface area contributed by atoms with E-state index >= 15 is 0 Å². The SMILES string of the molecule is C.C.[S-][P+]([S-])(c1ccccc1)c1ccccc1.[S-][P+]([S-])(c1ccccc1)c1ccccc1.[Sn+2]. The topological polar surface area (TPSA) is 0 Å². The fourth-order valence-electron chi connectivity index (χ4n) is 2.80. The molecule has 0 unspecified atom stereocenters. The molecule has 0 spiro atoms. The van der Waals surface area contributed by atoms with Crippen LogP contribution >= 0.6 is 11.3 Å². The zero-order valence-corrected chi connectivity index (χ0v) is 24.5. The number of hydrogen-bond acceptors (Lipinski definition) is 4. The van der Waals surface area contributed by atoms with Crippen LogP contribution < -0.4 is 21.2 Å². The maximum absolute atomic E-state index is 5.60. The van der Waals surface area contributed by atoms with Gasteiger partial charge < -0.3 is 49.0 Å². The molecule has 0 aromatic heterocycles. The molecule has 4 aromatic rings. The third kappa shape index (κ3) is 9.15. The van der Waals surface area contributed by atoms with E-state index in [2.05, 4.69) is 0 Å². The quantitative estimate of drug-likeness (QED) is 0.150. The zero-order chi connectivity index (χ0) is 21.5. The van der Waals surface area contributed by atoms with Crippen LogP contribution in [0.5, 0.6) is 0 Å². The summed E-state index contributed by atoms with van der Waals surface area (Å²) in [6, 6.07) is 40.1. The van der Waals surface area contributed by atoms with Crippen LogP contribution in [-0.2, 0) is 49.0 Å². The van der Waals surface area contributed by atoms with Crippen molar-refractivity contribution in [3.63, 3.8) is 0 Å². The molecule has 0 nitrogen and oxygen atoms in total. The average molecular weight is 649 g/mol. The number of hydrogen-bond donors (Lipinski definition) is 0. The van der Waals surface area contributed by atoms with Crippen LogP contribution in [0.4, 0.5) is 0 Å². The zero-order valence-electron chi connectivity index (χ0n) is 16.6. The number of benzene rings is 4. The number of rotatable bonds is 4. The summed E-state index contributed by atoms with van der Waals surface area (Å²) < 4.78 is 0. The molecule has 0 bridgehead atoms. The largest absolute Gasteiger partial charge is 2.00 e. The molecule has 0 saturated heterocycles. The first-order chi connectivity index (χ1) is 14.4. The molecule has 0 aliphatic heterocycles. The Bertz CT molecular complexity index is 863. The van der Waals surface area contributed by atoms with Gasteiger partial charge in [-0.3, -0.25) is 0 Å². The Labute approximate surface area is 239 Å². The summed E-state index contributed by atoms with van der Waals surface area (Å²) in [4.78, 5) is 0. The first-order valence-corrected chi connectivity index (χ1v) is 16.9. The molecule has 7 heteroatoms. The van der Waals surface area contributed by atoms with Crippen LogP contribution in [-0.4, -0.2) is 23.9 Å². The fourth-order valence-corrected chi connectivity index (χ4v) is 8.57. The van der Waals surface area contributed by atoms with E-state index in [4.69, 9.17) is 49.0 Å². The second-order valence-corrected chi connectivity index (χ2v) is 18.7. The standard InChI is InChI=1S/2C12H11PS2.2CH4.Sn/c2*14-13(15,11-7-3-1-4-8-11)12-9-5-2-6-10-12;;;/h2*1-10H,(H,14,15);2*1H4;/q;;;;+2/p-2. The first kappa shape index (κ1) is 32.9. The van der Waals surface area contributed by atoms with E-state index in [0.717, 1.165) is 21.2 Å². The molecule has 4 rings (SSSR count). The predicted molar refractivity (Wildman–Crippen MR) is 167 cm³/mol. The molecule has 170 valence electrons. The van der Waals surface area contributed by atoms with Crippen molar-refractivity contribution in [2.45, 2.75) is 14.9 Å². The van der Waals surface area contributed by atoms with Crippen molar-refractivity contribution < 1.29 is 0 Å². The van der Waals surface area contributed by atoms with Gasteiger partial charge in [-0.25, -0.2) is 0 Å². The van der Waals surface area contributed by atoms with Gasteiger partial charge in [0.05, 0.1) is 21.2 Å². The Morgan fingerprint density at radius 3 is 0.636 bits per heavy atom. The summed E-state index contributed by atoms with van der Waals surface area (Å²) in [6.45, 7) is 0. The van der Waals surface area contributed by atoms with Crippen LogP contribution in [0.3, 0.4) is 0 Å². The van der Waals surface area contributed by atoms with Crippen LogP contribution in [0.15, 0.2) is 121 Å². The van der Waals surface area contributed by atoms with Crippen LogP contribution in [0.1, 0.15) is 14.9 Å². The van der Waals surface area contributed by atoms with Crippen molar-refractivity contribution in [1.82, 2.24) is 0 Å². The summed E-state index contributed by atoms with van der Waals surface area (Å²) in [5, 5.41) is 4.39. The third-order valence-electron chi connectivity index (χ3n) is 4.38. The Morgan fingerprint density at radius 2 is 0.485 bits per heavy atom. The average Bonchev–Trinajstić information content (AvgIpc) is 2.82. The van der Waals surface area contributed by atoms with Gasteiger partial charge in [-0.05, 0) is 48.5 Å². The van der Waals surface area contributed by atoms with Gasteiger partial charge in [0, 0.05) is 0 Å². The smallest absolute Gasteiger partial charge is 0.568 e. The Morgan fingerprint density at radius 1 is 0.333 bits per heavy atom. The van der Waals surface area contributed by atoms with E-state index in [9.17, 15) is 0 Å². The van der Waals surface area contributed by atoms with E-state index in [1.165, 1.54) is 0 Å². The van der Waals surface area contributed by atoms with Gasteiger partial charge in [0.2, 0.25) is 0 Å². The first-order valence-electron chi connectivity index (χ1n) is 9.27. The van der Waals surface area contributed by atoms with Crippen molar-refractivity contribution in [1.29, 1.82) is 0 Å². The summed E-state index contributed by atoms with van der Waals surface area (Å²) in [7, 11) is 0. The summed E-state index contributed by atoms with van der Waals surface area (Å²) in [6.07, 6.45) is 0. The third-order valence-corrected chi connectivity index (χ3v) is 13.4. The van der Waals surface area contributed by atoms with Gasteiger partial charge >= 0.3 is 23.9 Å². The fraction of sp³-hybridized carbons (Fsp3) is 0.0769. The van der Waals surface area contributed by atoms with Crippen LogP contribution in [0.25, 0.3) is 0 Å². The van der Waals surface area contributed by atoms with E-state index in [1.54, 1.807) is 0 Å². The maximum atomic E-state index is 5.60. The minimum Gasteiger partial charge on any atom is -0.568 e. The molecular weight excluding hydrogens is 621 g/mol. The molecule has 0 N–H and O–H groups in total. The second-order valence-electron chi connectivity index (χ2n) is 6.45. The molecule has 0 saturated carbocycles. The van der Waals surface area contributed by atoms with Gasteiger partial charge in [-0.2, -0.15) is 11.3 Å². The summed E-state index contributed by atoms with van der Waals surface area (Å²) >= 11 is 22.4. The summed E-state index contributed by atoms with van der Waals surface area (Å²) in [5.41, 5.74) is -3.96. The monoisotopic (exact) mass is 650 g/mol. The van der Waals surface area contributed by atoms with Crippen molar-refractivity contribution in [3.8, 4) is 0 Å². The van der Waals surface area contributed by atoms with Crippen molar-refractivity contribution in [2.75, 3.05) is 0 Å². The Kier molecular flexibility index (Phi) is 15.8. The van der Waals surface area contributed by atoms with Gasteiger partial charge in [0.15, 0.2) is 0 Å². The van der Waals surface area contributed by atoms with Crippen molar-refractivity contribution in [3.05, 3.63) is 121 Å². The predicted octanol–water partition coefficient (Wildman–Crippen LogP) is 6.05. The van der Waals surface area contributed by atoms with Gasteiger partial charge in [-0.15, -0.1) is 0 Å². The molecule has 0 aliphatic carbocycles. The molecule has 0 fully saturated rings. The maximum Gasteiger partial charge on any atom is 2.00 e. The Balaban J connectivity index is 0.000000569. The molecule has 33 heavy (non-hydrogen) atoms. The van der Waals surface area contributed by atoms with E-state index in [1.807, 2.05) is 121 Å². The molecule has 4 aromatic carbocycles. The van der Waals surface area contributed by atoms with Gasteiger partial charge in [0.25, 0.3) is 0 Å². The summed E-state index contributed by atoms with van der Waals surface area (Å²) in [5.74, 6) is 0. The van der Waals surface area contributed by atoms with Crippen LogP contribution in [0, 0.1) is 0 Å². The van der Waals surface area contributed by atoms with Crippen LogP contribution in [0.2, 0.25) is 0 Å². The van der Waals surface area contributed by atoms with E-state index < -0.39 is 11.3 Å². The van der Waals surface area contributed by atoms with Crippen molar-refractivity contribution >= 4 is 105 Å². The van der Waals surface area contributed by atoms with Gasteiger partial charge in [0.1, 0.15) is 0 Å². The van der Waals surface area contributed by atoms with Gasteiger partial charge in [-0.1, -0.05) is 87.6 Å². The molecular formula is C26H28P2S4Sn. The Hall–Kier alpha value is -0.0613. The minimum atomic E-state index is -1.98. The molecule has 0 heterocycles. The molecule has 0 amide bonds. The molecule has 2 radical (unpaired) electrons. The van der Waals surface area contributed by atoms with E-state index in [0.29, 0.717) is 0 Å². The minimum absolute atomic E-state index is 0. The second kappa shape index (κ2) is 15.8.